The van der Waals surface area contributed by atoms with E-state index in [2.05, 4.69) is 26.1 Å². The average molecular weight is 308 g/mol. The van der Waals surface area contributed by atoms with Gasteiger partial charge in [0.15, 0.2) is 0 Å². The van der Waals surface area contributed by atoms with Gasteiger partial charge in [-0.25, -0.2) is 0 Å². The lowest BCUT2D eigenvalue weighted by molar-refractivity contribution is -0.128. The van der Waals surface area contributed by atoms with Gasteiger partial charge < -0.3 is 11.1 Å². The third kappa shape index (κ3) is 4.72. The number of amides is 2. The van der Waals surface area contributed by atoms with Crippen molar-refractivity contribution in [1.82, 2.24) is 5.32 Å². The van der Waals surface area contributed by atoms with E-state index in [1.807, 2.05) is 0 Å². The van der Waals surface area contributed by atoms with Crippen LogP contribution in [0.1, 0.15) is 65.7 Å². The van der Waals surface area contributed by atoms with E-state index >= 15 is 0 Å². The topological polar surface area (TPSA) is 72.2 Å². The highest BCUT2D eigenvalue weighted by Crippen LogP contribution is 2.41. The van der Waals surface area contributed by atoms with E-state index < -0.39 is 0 Å². The molecule has 4 heteroatoms. The smallest absolute Gasteiger partial charge is 0.223 e. The summed E-state index contributed by atoms with van der Waals surface area (Å²) in [4.78, 5) is 23.6. The lowest BCUT2D eigenvalue weighted by Crippen LogP contribution is -2.40. The maximum atomic E-state index is 12.5. The molecule has 0 saturated heterocycles. The van der Waals surface area contributed by atoms with Gasteiger partial charge >= 0.3 is 0 Å². The number of hydrogen-bond acceptors (Lipinski definition) is 2. The van der Waals surface area contributed by atoms with Crippen LogP contribution in [0.3, 0.4) is 0 Å². The molecule has 126 valence electrons. The van der Waals surface area contributed by atoms with Gasteiger partial charge in [0, 0.05) is 18.4 Å². The van der Waals surface area contributed by atoms with Crippen LogP contribution in [0, 0.1) is 29.1 Å². The van der Waals surface area contributed by atoms with Crippen molar-refractivity contribution in [2.24, 2.45) is 34.8 Å². The number of carbonyl (C=O) groups is 2. The Morgan fingerprint density at radius 2 is 1.73 bits per heavy atom. The van der Waals surface area contributed by atoms with Crippen LogP contribution in [0.15, 0.2) is 0 Å². The third-order valence-electron chi connectivity index (χ3n) is 5.57. The number of rotatable bonds is 4. The Labute approximate surface area is 134 Å². The summed E-state index contributed by atoms with van der Waals surface area (Å²) in [6, 6.07) is 0. The summed E-state index contributed by atoms with van der Waals surface area (Å²) in [6.07, 6.45) is 6.99. The van der Waals surface area contributed by atoms with Gasteiger partial charge in [0.2, 0.25) is 11.8 Å². The molecule has 0 aromatic carbocycles. The summed E-state index contributed by atoms with van der Waals surface area (Å²) in [6.45, 7) is 7.56. The molecule has 2 atom stereocenters. The Balaban J connectivity index is 1.75. The maximum absolute atomic E-state index is 12.5. The molecule has 2 aliphatic carbocycles. The molecule has 2 saturated carbocycles. The first-order valence-corrected chi connectivity index (χ1v) is 8.84. The number of primary amides is 1. The summed E-state index contributed by atoms with van der Waals surface area (Å²) in [5.74, 6) is 1.42. The molecule has 0 aliphatic heterocycles. The second-order valence-electron chi connectivity index (χ2n) is 8.48. The first-order chi connectivity index (χ1) is 10.3. The van der Waals surface area contributed by atoms with Gasteiger partial charge in [-0.15, -0.1) is 0 Å². The molecule has 4 nitrogen and oxygen atoms in total. The van der Waals surface area contributed by atoms with Crippen molar-refractivity contribution >= 4 is 11.8 Å². The normalized spacial score (nSPS) is 34.9. The van der Waals surface area contributed by atoms with Crippen molar-refractivity contribution in [1.29, 1.82) is 0 Å². The number of nitrogens with one attached hydrogen (secondary N) is 1. The number of hydrogen-bond donors (Lipinski definition) is 2. The highest BCUT2D eigenvalue weighted by molar-refractivity contribution is 5.79. The van der Waals surface area contributed by atoms with Crippen LogP contribution in [-0.4, -0.2) is 18.4 Å². The average Bonchev–Trinajstić information content (AvgIpc) is 2.43. The van der Waals surface area contributed by atoms with Crippen LogP contribution in [0.25, 0.3) is 0 Å². The number of nitrogens with two attached hydrogens (primary N) is 1. The Hall–Kier alpha value is -1.06. The van der Waals surface area contributed by atoms with Crippen molar-refractivity contribution in [2.45, 2.75) is 65.7 Å². The minimum absolute atomic E-state index is 0.0481. The van der Waals surface area contributed by atoms with E-state index in [4.69, 9.17) is 5.73 Å². The minimum Gasteiger partial charge on any atom is -0.369 e. The molecule has 2 aliphatic rings. The Kier molecular flexibility index (Phi) is 5.51. The van der Waals surface area contributed by atoms with E-state index in [9.17, 15) is 9.59 Å². The molecule has 3 N–H and O–H groups in total. The Morgan fingerprint density at radius 1 is 1.09 bits per heavy atom. The van der Waals surface area contributed by atoms with Gasteiger partial charge in [0.1, 0.15) is 0 Å². The van der Waals surface area contributed by atoms with Gasteiger partial charge in [-0.1, -0.05) is 20.8 Å². The molecule has 2 amide bonds. The summed E-state index contributed by atoms with van der Waals surface area (Å²) in [7, 11) is 0. The van der Waals surface area contributed by atoms with Gasteiger partial charge in [0.25, 0.3) is 0 Å². The van der Waals surface area contributed by atoms with Crippen molar-refractivity contribution in [3.63, 3.8) is 0 Å². The van der Waals surface area contributed by atoms with Crippen LogP contribution in [0.2, 0.25) is 0 Å². The summed E-state index contributed by atoms with van der Waals surface area (Å²) < 4.78 is 0. The molecular weight excluding hydrogens is 276 g/mol. The SMILES string of the molecule is CC1CC(C(=O)NCC2CCC(C(N)=O)CC2)CC(C)(C)C1. The molecule has 0 heterocycles. The molecule has 0 bridgehead atoms. The minimum atomic E-state index is -0.166. The second-order valence-corrected chi connectivity index (χ2v) is 8.48. The van der Waals surface area contributed by atoms with E-state index in [-0.39, 0.29) is 29.1 Å². The highest BCUT2D eigenvalue weighted by Gasteiger charge is 2.35. The predicted molar refractivity (Wildman–Crippen MR) is 87.9 cm³/mol. The van der Waals surface area contributed by atoms with Gasteiger partial charge in [0.05, 0.1) is 0 Å². The molecule has 2 fully saturated rings. The van der Waals surface area contributed by atoms with Gasteiger partial charge in [-0.05, 0) is 62.2 Å². The van der Waals surface area contributed by atoms with E-state index in [0.717, 1.165) is 45.1 Å². The molecule has 2 unspecified atom stereocenters. The fraction of sp³-hybridized carbons (Fsp3) is 0.889. The van der Waals surface area contributed by atoms with Crippen molar-refractivity contribution in [3.8, 4) is 0 Å². The number of carbonyl (C=O) groups excluding carboxylic acids is 2. The first-order valence-electron chi connectivity index (χ1n) is 8.84. The van der Waals surface area contributed by atoms with Crippen LogP contribution < -0.4 is 11.1 Å². The zero-order chi connectivity index (χ0) is 16.3. The molecule has 0 spiro atoms. The summed E-state index contributed by atoms with van der Waals surface area (Å²) in [5.41, 5.74) is 5.64. The maximum Gasteiger partial charge on any atom is 0.223 e. The Bertz CT molecular complexity index is 411. The predicted octanol–water partition coefficient (Wildman–Crippen LogP) is 2.86. The molecule has 2 rings (SSSR count). The Morgan fingerprint density at radius 3 is 2.27 bits per heavy atom. The molecule has 0 aromatic rings. The monoisotopic (exact) mass is 308 g/mol. The van der Waals surface area contributed by atoms with Crippen LogP contribution >= 0.6 is 0 Å². The standard InChI is InChI=1S/C18H32N2O2/c1-12-8-15(10-18(2,3)9-12)17(22)20-11-13-4-6-14(7-5-13)16(19)21/h12-15H,4-11H2,1-3H3,(H2,19,21)(H,20,22). The van der Waals surface area contributed by atoms with E-state index in [1.54, 1.807) is 0 Å². The highest BCUT2D eigenvalue weighted by atomic mass is 16.2. The molecule has 0 aromatic heterocycles. The summed E-state index contributed by atoms with van der Waals surface area (Å²) >= 11 is 0. The van der Waals surface area contributed by atoms with Crippen LogP contribution in [0.5, 0.6) is 0 Å². The van der Waals surface area contributed by atoms with Crippen LogP contribution in [0.4, 0.5) is 0 Å². The summed E-state index contributed by atoms with van der Waals surface area (Å²) in [5, 5.41) is 3.17. The van der Waals surface area contributed by atoms with Crippen LogP contribution in [-0.2, 0) is 9.59 Å². The van der Waals surface area contributed by atoms with Crippen molar-refractivity contribution < 1.29 is 9.59 Å². The van der Waals surface area contributed by atoms with Crippen molar-refractivity contribution in [3.05, 3.63) is 0 Å². The first kappa shape index (κ1) is 17.3. The molecular formula is C18H32N2O2. The second kappa shape index (κ2) is 7.01. The van der Waals surface area contributed by atoms with Gasteiger partial charge in [-0.3, -0.25) is 9.59 Å². The quantitative estimate of drug-likeness (QED) is 0.838. The fourth-order valence-electron chi connectivity index (χ4n) is 4.59. The fourth-order valence-corrected chi connectivity index (χ4v) is 4.59. The third-order valence-corrected chi connectivity index (χ3v) is 5.57. The van der Waals surface area contributed by atoms with Gasteiger partial charge in [-0.2, -0.15) is 0 Å². The van der Waals surface area contributed by atoms with E-state index in [0.29, 0.717) is 11.8 Å². The molecule has 22 heavy (non-hydrogen) atoms. The lowest BCUT2D eigenvalue weighted by Gasteiger charge is -2.38. The zero-order valence-electron chi connectivity index (χ0n) is 14.4. The van der Waals surface area contributed by atoms with Crippen molar-refractivity contribution in [2.75, 3.05) is 6.54 Å². The molecule has 0 radical (unpaired) electrons. The van der Waals surface area contributed by atoms with E-state index in [1.165, 1.54) is 6.42 Å². The largest absolute Gasteiger partial charge is 0.369 e. The zero-order valence-corrected chi connectivity index (χ0v) is 14.4. The lowest BCUT2D eigenvalue weighted by atomic mass is 9.68.